The van der Waals surface area contributed by atoms with Crippen LogP contribution in [0.25, 0.3) is 11.1 Å². The molecule has 2 rings (SSSR count). The lowest BCUT2D eigenvalue weighted by atomic mass is 10.0. The van der Waals surface area contributed by atoms with Crippen molar-refractivity contribution in [2.45, 2.75) is 13.8 Å². The lowest BCUT2D eigenvalue weighted by molar-refractivity contribution is 0.376. The van der Waals surface area contributed by atoms with Crippen LogP contribution in [0.1, 0.15) is 13.8 Å². The van der Waals surface area contributed by atoms with E-state index in [2.05, 4.69) is 0 Å². The van der Waals surface area contributed by atoms with E-state index in [4.69, 9.17) is 8.92 Å². The van der Waals surface area contributed by atoms with Crippen molar-refractivity contribution in [1.29, 1.82) is 0 Å². The molecule has 0 N–H and O–H groups in total. The molecule has 0 heterocycles. The summed E-state index contributed by atoms with van der Waals surface area (Å²) in [6, 6.07) is 14.4. The van der Waals surface area contributed by atoms with Crippen LogP contribution in [0.3, 0.4) is 0 Å². The molecule has 0 aromatic heterocycles. The van der Waals surface area contributed by atoms with E-state index in [1.807, 2.05) is 36.4 Å². The van der Waals surface area contributed by atoms with E-state index in [1.54, 1.807) is 33.1 Å². The first-order valence-electron chi connectivity index (χ1n) is 7.45. The minimum absolute atomic E-state index is 0.281. The SMILES string of the molecule is CCN(CC)S(=O)(=O)Oc1ccccc1-c1ccccc1OC. The molecule has 0 atom stereocenters. The summed E-state index contributed by atoms with van der Waals surface area (Å²) in [5.41, 5.74) is 1.45. The Morgan fingerprint density at radius 1 is 0.870 bits per heavy atom. The number of hydrogen-bond acceptors (Lipinski definition) is 4. The quantitative estimate of drug-likeness (QED) is 0.779. The fraction of sp³-hybridized carbons (Fsp3) is 0.294. The maximum absolute atomic E-state index is 12.4. The van der Waals surface area contributed by atoms with Crippen molar-refractivity contribution in [2.75, 3.05) is 20.2 Å². The van der Waals surface area contributed by atoms with E-state index in [9.17, 15) is 8.42 Å². The van der Waals surface area contributed by atoms with Gasteiger partial charge >= 0.3 is 10.3 Å². The zero-order valence-electron chi connectivity index (χ0n) is 13.5. The minimum atomic E-state index is -3.83. The molecule has 124 valence electrons. The second-order valence-corrected chi connectivity index (χ2v) is 6.36. The molecule has 0 spiro atoms. The van der Waals surface area contributed by atoms with Gasteiger partial charge in [0.15, 0.2) is 5.75 Å². The first-order valence-corrected chi connectivity index (χ1v) is 8.82. The molecule has 0 aliphatic carbocycles. The van der Waals surface area contributed by atoms with Gasteiger partial charge in [-0.05, 0) is 12.1 Å². The van der Waals surface area contributed by atoms with Gasteiger partial charge < -0.3 is 8.92 Å². The predicted octanol–water partition coefficient (Wildman–Crippen LogP) is 3.33. The van der Waals surface area contributed by atoms with Crippen molar-refractivity contribution in [1.82, 2.24) is 4.31 Å². The fourth-order valence-electron chi connectivity index (χ4n) is 2.33. The highest BCUT2D eigenvalue weighted by Crippen LogP contribution is 2.36. The third-order valence-electron chi connectivity index (χ3n) is 3.50. The second kappa shape index (κ2) is 7.48. The maximum Gasteiger partial charge on any atom is 0.385 e. The van der Waals surface area contributed by atoms with E-state index >= 15 is 0 Å². The van der Waals surface area contributed by atoms with Gasteiger partial charge in [0.2, 0.25) is 0 Å². The Morgan fingerprint density at radius 2 is 1.35 bits per heavy atom. The predicted molar refractivity (Wildman–Crippen MR) is 90.9 cm³/mol. The van der Waals surface area contributed by atoms with Crippen LogP contribution in [-0.2, 0) is 10.3 Å². The zero-order chi connectivity index (χ0) is 16.9. The third kappa shape index (κ3) is 3.83. The van der Waals surface area contributed by atoms with Crippen LogP contribution in [0.5, 0.6) is 11.5 Å². The van der Waals surface area contributed by atoms with Gasteiger partial charge in [0.1, 0.15) is 5.75 Å². The Kier molecular flexibility index (Phi) is 5.63. The summed E-state index contributed by atoms with van der Waals surface area (Å²) in [4.78, 5) is 0. The molecule has 23 heavy (non-hydrogen) atoms. The largest absolute Gasteiger partial charge is 0.496 e. The van der Waals surface area contributed by atoms with E-state index in [1.165, 1.54) is 4.31 Å². The zero-order valence-corrected chi connectivity index (χ0v) is 14.3. The Labute approximate surface area is 137 Å². The number of ether oxygens (including phenoxy) is 1. The molecule has 5 nitrogen and oxygen atoms in total. The highest BCUT2D eigenvalue weighted by atomic mass is 32.2. The smallest absolute Gasteiger partial charge is 0.385 e. The minimum Gasteiger partial charge on any atom is -0.496 e. The van der Waals surface area contributed by atoms with Gasteiger partial charge in [0.25, 0.3) is 0 Å². The molecule has 0 saturated heterocycles. The topological polar surface area (TPSA) is 55.8 Å². The van der Waals surface area contributed by atoms with E-state index in [-0.39, 0.29) is 5.75 Å². The highest BCUT2D eigenvalue weighted by Gasteiger charge is 2.23. The number of nitrogens with zero attached hydrogens (tertiary/aromatic N) is 1. The van der Waals surface area contributed by atoms with Gasteiger partial charge in [0, 0.05) is 24.2 Å². The summed E-state index contributed by atoms with van der Waals surface area (Å²) in [6.45, 7) is 4.26. The molecule has 0 fully saturated rings. The van der Waals surface area contributed by atoms with Crippen molar-refractivity contribution in [3.63, 3.8) is 0 Å². The summed E-state index contributed by atoms with van der Waals surface area (Å²) in [5.74, 6) is 0.938. The van der Waals surface area contributed by atoms with Gasteiger partial charge in [-0.2, -0.15) is 12.7 Å². The molecule has 2 aromatic rings. The Morgan fingerprint density at radius 3 is 1.87 bits per heavy atom. The fourth-order valence-corrected chi connectivity index (χ4v) is 3.45. The molecule has 0 unspecified atom stereocenters. The average Bonchev–Trinajstić information content (AvgIpc) is 2.56. The molecule has 2 aromatic carbocycles. The molecule has 0 aliphatic heterocycles. The molecular weight excluding hydrogens is 314 g/mol. The van der Waals surface area contributed by atoms with Crippen LogP contribution in [0, 0.1) is 0 Å². The molecule has 0 amide bonds. The van der Waals surface area contributed by atoms with E-state index in [0.29, 0.717) is 24.4 Å². The molecule has 0 saturated carbocycles. The summed E-state index contributed by atoms with van der Waals surface area (Å²) in [6.07, 6.45) is 0. The van der Waals surface area contributed by atoms with Gasteiger partial charge in [-0.3, -0.25) is 0 Å². The Balaban J connectivity index is 2.47. The second-order valence-electron chi connectivity index (χ2n) is 4.82. The molecule has 0 bridgehead atoms. The van der Waals surface area contributed by atoms with Gasteiger partial charge in [-0.25, -0.2) is 0 Å². The first kappa shape index (κ1) is 17.3. The van der Waals surface area contributed by atoms with Crippen LogP contribution in [0.4, 0.5) is 0 Å². The normalized spacial score (nSPS) is 11.5. The molecule has 0 radical (unpaired) electrons. The summed E-state index contributed by atoms with van der Waals surface area (Å²) in [5, 5.41) is 0. The van der Waals surface area contributed by atoms with Gasteiger partial charge in [0.05, 0.1) is 7.11 Å². The average molecular weight is 335 g/mol. The van der Waals surface area contributed by atoms with Crippen molar-refractivity contribution >= 4 is 10.3 Å². The number of methoxy groups -OCH3 is 1. The van der Waals surface area contributed by atoms with Crippen LogP contribution >= 0.6 is 0 Å². The third-order valence-corrected chi connectivity index (χ3v) is 5.04. The van der Waals surface area contributed by atoms with E-state index < -0.39 is 10.3 Å². The van der Waals surface area contributed by atoms with Crippen molar-refractivity contribution in [3.8, 4) is 22.6 Å². The van der Waals surface area contributed by atoms with E-state index in [0.717, 1.165) is 5.56 Å². The van der Waals surface area contributed by atoms with Crippen molar-refractivity contribution < 1.29 is 17.3 Å². The lowest BCUT2D eigenvalue weighted by Gasteiger charge is -2.20. The highest BCUT2D eigenvalue weighted by molar-refractivity contribution is 7.84. The van der Waals surface area contributed by atoms with Crippen molar-refractivity contribution in [3.05, 3.63) is 48.5 Å². The number of rotatable bonds is 7. The number of benzene rings is 2. The van der Waals surface area contributed by atoms with Gasteiger partial charge in [-0.1, -0.05) is 50.2 Å². The molecule has 6 heteroatoms. The summed E-state index contributed by atoms with van der Waals surface area (Å²) < 4.78 is 36.7. The lowest BCUT2D eigenvalue weighted by Crippen LogP contribution is -2.34. The summed E-state index contributed by atoms with van der Waals surface area (Å²) in [7, 11) is -2.25. The molecular formula is C17H21NO4S. The van der Waals surface area contributed by atoms with Crippen LogP contribution in [0.15, 0.2) is 48.5 Å². The molecule has 0 aliphatic rings. The van der Waals surface area contributed by atoms with Crippen LogP contribution < -0.4 is 8.92 Å². The van der Waals surface area contributed by atoms with Crippen molar-refractivity contribution in [2.24, 2.45) is 0 Å². The first-order chi connectivity index (χ1) is 11.0. The Bertz CT molecular complexity index is 755. The Hall–Kier alpha value is -2.05. The van der Waals surface area contributed by atoms with Gasteiger partial charge in [-0.15, -0.1) is 0 Å². The monoisotopic (exact) mass is 335 g/mol. The number of hydrogen-bond donors (Lipinski definition) is 0. The van der Waals surface area contributed by atoms with Crippen LogP contribution in [-0.4, -0.2) is 32.9 Å². The number of para-hydroxylation sites is 2. The standard InChI is InChI=1S/C17H21NO4S/c1-4-18(5-2)23(19,20)22-17-13-9-7-11-15(17)14-10-6-8-12-16(14)21-3/h6-13H,4-5H2,1-3H3. The van der Waals surface area contributed by atoms with Crippen LogP contribution in [0.2, 0.25) is 0 Å². The summed E-state index contributed by atoms with van der Waals surface area (Å²) >= 11 is 0. The maximum atomic E-state index is 12.4.